The highest BCUT2D eigenvalue weighted by Gasteiger charge is 2.18. The molecule has 2 N–H and O–H groups in total. The molecular weight excluding hydrogens is 362 g/mol. The van der Waals surface area contributed by atoms with Gasteiger partial charge in [0.25, 0.3) is 5.56 Å². The Labute approximate surface area is 160 Å². The van der Waals surface area contributed by atoms with Gasteiger partial charge in [-0.1, -0.05) is 20.8 Å². The highest BCUT2D eigenvalue weighted by atomic mass is 32.1. The fourth-order valence-corrected chi connectivity index (χ4v) is 3.27. The van der Waals surface area contributed by atoms with E-state index in [1.165, 1.54) is 17.4 Å². The van der Waals surface area contributed by atoms with E-state index in [4.69, 9.17) is 4.74 Å². The summed E-state index contributed by atoms with van der Waals surface area (Å²) in [6, 6.07) is 7.57. The summed E-state index contributed by atoms with van der Waals surface area (Å²) < 4.78 is 6.23. The van der Waals surface area contributed by atoms with Crippen molar-refractivity contribution in [1.82, 2.24) is 15.2 Å². The zero-order valence-corrected chi connectivity index (χ0v) is 16.4. The lowest BCUT2D eigenvalue weighted by Crippen LogP contribution is -2.22. The average Bonchev–Trinajstić information content (AvgIpc) is 3.21. The first-order chi connectivity index (χ1) is 12.8. The third-order valence-corrected chi connectivity index (χ3v) is 4.98. The summed E-state index contributed by atoms with van der Waals surface area (Å²) in [7, 11) is 1.62. The van der Waals surface area contributed by atoms with E-state index in [9.17, 15) is 9.59 Å². The van der Waals surface area contributed by atoms with E-state index in [0.717, 1.165) is 22.6 Å². The maximum Gasteiger partial charge on any atom is 0.266 e. The van der Waals surface area contributed by atoms with Crippen LogP contribution in [0.5, 0.6) is 5.75 Å². The molecule has 0 bridgehead atoms. The lowest BCUT2D eigenvalue weighted by Gasteiger charge is -2.12. The van der Waals surface area contributed by atoms with Crippen LogP contribution in [0.3, 0.4) is 0 Å². The maximum atomic E-state index is 12.3. The standard InChI is InChI=1S/C20H21N3O3S/c1-20(2,3)16(24)10-17-22-19(25)15(27-17)9-13-11-21-23-18(13)12-5-7-14(26-4)8-6-12/h5-11H,1-4H3,(H,21,23)(H,22,25)/b15-9-,17-10+. The van der Waals surface area contributed by atoms with Crippen LogP contribution in [0.4, 0.5) is 0 Å². The van der Waals surface area contributed by atoms with Crippen molar-refractivity contribution in [3.63, 3.8) is 0 Å². The van der Waals surface area contributed by atoms with Gasteiger partial charge in [0.1, 0.15) is 5.75 Å². The van der Waals surface area contributed by atoms with E-state index in [2.05, 4.69) is 15.2 Å². The van der Waals surface area contributed by atoms with Crippen LogP contribution in [0.1, 0.15) is 26.3 Å². The monoisotopic (exact) mass is 383 g/mol. The van der Waals surface area contributed by atoms with Gasteiger partial charge in [-0.05, 0) is 30.3 Å². The molecule has 0 saturated heterocycles. The van der Waals surface area contributed by atoms with Crippen molar-refractivity contribution >= 4 is 29.3 Å². The molecule has 0 spiro atoms. The minimum Gasteiger partial charge on any atom is -0.497 e. The van der Waals surface area contributed by atoms with E-state index < -0.39 is 5.41 Å². The number of aromatic nitrogens is 3. The molecule has 0 saturated carbocycles. The average molecular weight is 383 g/mol. The van der Waals surface area contributed by atoms with Gasteiger partial charge in [0, 0.05) is 22.6 Å². The van der Waals surface area contributed by atoms with Gasteiger partial charge in [0.15, 0.2) is 5.78 Å². The number of nitrogens with one attached hydrogen (secondary N) is 2. The van der Waals surface area contributed by atoms with Crippen molar-refractivity contribution in [2.24, 2.45) is 5.41 Å². The highest BCUT2D eigenvalue weighted by molar-refractivity contribution is 7.07. The first-order valence-electron chi connectivity index (χ1n) is 8.43. The molecule has 2 heterocycles. The molecule has 0 radical (unpaired) electrons. The van der Waals surface area contributed by atoms with E-state index >= 15 is 0 Å². The van der Waals surface area contributed by atoms with E-state index in [1.54, 1.807) is 19.4 Å². The fourth-order valence-electron chi connectivity index (χ4n) is 2.39. The number of carbonyl (C=O) groups is 1. The zero-order chi connectivity index (χ0) is 19.6. The lowest BCUT2D eigenvalue weighted by molar-refractivity contribution is -0.119. The molecule has 0 amide bonds. The minimum atomic E-state index is -0.489. The molecule has 140 valence electrons. The molecule has 0 atom stereocenters. The van der Waals surface area contributed by atoms with Crippen LogP contribution in [0.15, 0.2) is 35.3 Å². The Bertz CT molecular complexity index is 1130. The smallest absolute Gasteiger partial charge is 0.266 e. The number of Topliss-reactive ketones (excluding diaryl/α,β-unsaturated/α-hetero) is 1. The fraction of sp³-hybridized carbons (Fsp3) is 0.250. The van der Waals surface area contributed by atoms with Crippen molar-refractivity contribution in [3.05, 3.63) is 55.6 Å². The Morgan fingerprint density at radius 2 is 1.93 bits per heavy atom. The quantitative estimate of drug-likeness (QED) is 0.722. The summed E-state index contributed by atoms with van der Waals surface area (Å²) in [5.74, 6) is 0.732. The number of H-pyrrole nitrogens is 2. The third kappa shape index (κ3) is 4.25. The minimum absolute atomic E-state index is 0.0335. The van der Waals surface area contributed by atoms with Gasteiger partial charge in [0.2, 0.25) is 0 Å². The van der Waals surface area contributed by atoms with Crippen LogP contribution >= 0.6 is 11.3 Å². The Balaban J connectivity index is 2.02. The summed E-state index contributed by atoms with van der Waals surface area (Å²) in [5.41, 5.74) is 1.82. The van der Waals surface area contributed by atoms with Gasteiger partial charge in [-0.15, -0.1) is 11.3 Å². The number of benzene rings is 1. The molecule has 3 aromatic rings. The van der Waals surface area contributed by atoms with Crippen LogP contribution in [-0.4, -0.2) is 28.1 Å². The van der Waals surface area contributed by atoms with Crippen LogP contribution in [-0.2, 0) is 4.79 Å². The molecule has 0 unspecified atom stereocenters. The molecule has 0 fully saturated rings. The number of carbonyl (C=O) groups excluding carboxylic acids is 1. The topological polar surface area (TPSA) is 87.8 Å². The van der Waals surface area contributed by atoms with Gasteiger partial charge < -0.3 is 9.72 Å². The normalized spacial score (nSPS) is 13.2. The number of nitrogens with zero attached hydrogens (tertiary/aromatic N) is 1. The second-order valence-corrected chi connectivity index (χ2v) is 8.20. The molecule has 7 heteroatoms. The molecule has 0 aliphatic carbocycles. The third-order valence-electron chi connectivity index (χ3n) is 4.02. The number of thiazole rings is 1. The molecule has 1 aromatic carbocycles. The first kappa shape index (κ1) is 18.8. The Hall–Kier alpha value is -2.93. The number of aromatic amines is 2. The van der Waals surface area contributed by atoms with E-state index in [-0.39, 0.29) is 11.3 Å². The SMILES string of the molecule is COc1ccc(-c2[nH]ncc2/C=c2\s/c(=C/C(=O)C(C)(C)C)[nH]c2=O)cc1. The van der Waals surface area contributed by atoms with Crippen molar-refractivity contribution in [2.45, 2.75) is 20.8 Å². The van der Waals surface area contributed by atoms with E-state index in [0.29, 0.717) is 9.20 Å². The Morgan fingerprint density at radius 3 is 2.56 bits per heavy atom. The Kier molecular flexibility index (Phi) is 5.14. The first-order valence-corrected chi connectivity index (χ1v) is 9.24. The van der Waals surface area contributed by atoms with Gasteiger partial charge in [-0.25, -0.2) is 0 Å². The molecule has 0 aliphatic rings. The van der Waals surface area contributed by atoms with Crippen molar-refractivity contribution in [1.29, 1.82) is 0 Å². The number of ketones is 1. The van der Waals surface area contributed by atoms with Gasteiger partial charge in [0.05, 0.1) is 28.2 Å². The summed E-state index contributed by atoms with van der Waals surface area (Å²) in [6.07, 6.45) is 4.93. The molecule has 6 nitrogen and oxygen atoms in total. The summed E-state index contributed by atoms with van der Waals surface area (Å²) in [5, 5.41) is 7.06. The molecule has 0 aliphatic heterocycles. The zero-order valence-electron chi connectivity index (χ0n) is 15.6. The predicted molar refractivity (Wildman–Crippen MR) is 107 cm³/mol. The lowest BCUT2D eigenvalue weighted by atomic mass is 9.91. The van der Waals surface area contributed by atoms with Crippen LogP contribution in [0, 0.1) is 5.41 Å². The van der Waals surface area contributed by atoms with Gasteiger partial charge >= 0.3 is 0 Å². The molecule has 3 rings (SSSR count). The summed E-state index contributed by atoms with van der Waals surface area (Å²) in [6.45, 7) is 5.53. The van der Waals surface area contributed by atoms with Crippen molar-refractivity contribution in [2.75, 3.05) is 7.11 Å². The second-order valence-electron chi connectivity index (χ2n) is 7.12. The number of hydrogen-bond donors (Lipinski definition) is 2. The van der Waals surface area contributed by atoms with Gasteiger partial charge in [-0.3, -0.25) is 14.7 Å². The number of methoxy groups -OCH3 is 1. The highest BCUT2D eigenvalue weighted by Crippen LogP contribution is 2.24. The van der Waals surface area contributed by atoms with Crippen LogP contribution in [0.25, 0.3) is 23.4 Å². The number of ether oxygens (including phenoxy) is 1. The largest absolute Gasteiger partial charge is 0.497 e. The summed E-state index contributed by atoms with van der Waals surface area (Å²) in [4.78, 5) is 27.2. The van der Waals surface area contributed by atoms with Crippen LogP contribution in [0.2, 0.25) is 0 Å². The van der Waals surface area contributed by atoms with Crippen molar-refractivity contribution < 1.29 is 9.53 Å². The predicted octanol–water partition coefficient (Wildman–Crippen LogP) is 2.06. The molecule has 2 aromatic heterocycles. The molecule has 27 heavy (non-hydrogen) atoms. The second kappa shape index (κ2) is 7.36. The van der Waals surface area contributed by atoms with Crippen molar-refractivity contribution in [3.8, 4) is 17.0 Å². The number of rotatable bonds is 4. The van der Waals surface area contributed by atoms with E-state index in [1.807, 2.05) is 45.0 Å². The summed E-state index contributed by atoms with van der Waals surface area (Å²) >= 11 is 1.25. The van der Waals surface area contributed by atoms with Crippen LogP contribution < -0.4 is 19.5 Å². The number of hydrogen-bond acceptors (Lipinski definition) is 5. The van der Waals surface area contributed by atoms with Gasteiger partial charge in [-0.2, -0.15) is 5.10 Å². The molecular formula is C20H21N3O3S. The maximum absolute atomic E-state index is 12.3. The Morgan fingerprint density at radius 1 is 1.22 bits per heavy atom.